The number of fused-ring (bicyclic) bond motifs is 1. The van der Waals surface area contributed by atoms with Gasteiger partial charge in [0.1, 0.15) is 12.4 Å². The maximum atomic E-state index is 6.22. The minimum atomic E-state index is -0.00332. The van der Waals surface area contributed by atoms with Crippen LogP contribution >= 0.6 is 0 Å². The van der Waals surface area contributed by atoms with E-state index in [-0.39, 0.29) is 5.41 Å². The number of allylic oxidation sites excluding steroid dienone is 1. The molecule has 4 atom stereocenters. The summed E-state index contributed by atoms with van der Waals surface area (Å²) in [4.78, 5) is 2.77. The SMILES string of the molecule is CC(C)=CCOc1ccc(C2N(C)CC3C4=c5c6c7c8c(cc9cc%10c%11c%12c%13c%14c(cc%15c%16c(c5c5c6c6c8c9c%11c6c%13c5c%16%14)=C(C4)C%15)=CC%12C%10)CC732)cc1. The number of likely N-dealkylation sites (N-methyl/N-ethyl adjacent to an activating group) is 1. The molecular weight excluding hydrogens is 667 g/mol. The van der Waals surface area contributed by atoms with Gasteiger partial charge in [0.2, 0.25) is 0 Å². The smallest absolute Gasteiger partial charge is 0.119 e. The number of ether oxygens (including phenoxy) is 1. The summed E-state index contributed by atoms with van der Waals surface area (Å²) >= 11 is 0. The molecule has 4 unspecified atom stereocenters. The fourth-order valence-corrected chi connectivity index (χ4v) is 16.2. The molecule has 256 valence electrons. The summed E-state index contributed by atoms with van der Waals surface area (Å²) in [6.45, 7) is 6.02. The number of likely N-dealkylation sites (tertiary alicyclic amines) is 1. The van der Waals surface area contributed by atoms with Crippen molar-refractivity contribution in [1.29, 1.82) is 0 Å². The second-order valence-electron chi connectivity index (χ2n) is 19.6. The van der Waals surface area contributed by atoms with E-state index in [9.17, 15) is 0 Å². The Kier molecular flexibility index (Phi) is 3.57. The van der Waals surface area contributed by atoms with Crippen LogP contribution in [-0.4, -0.2) is 25.1 Å². The molecule has 18 rings (SSSR count). The zero-order chi connectivity index (χ0) is 35.0. The van der Waals surface area contributed by atoms with Crippen molar-refractivity contribution in [3.05, 3.63) is 103 Å². The van der Waals surface area contributed by atoms with Crippen LogP contribution in [0.5, 0.6) is 5.75 Å². The molecule has 0 bridgehead atoms. The lowest BCUT2D eigenvalue weighted by molar-refractivity contribution is 0.245. The highest BCUT2D eigenvalue weighted by molar-refractivity contribution is 6.60. The van der Waals surface area contributed by atoms with Crippen LogP contribution in [0.1, 0.15) is 65.6 Å². The van der Waals surface area contributed by atoms with Crippen LogP contribution in [0.25, 0.3) is 114 Å². The average molecular weight is 700 g/mol. The molecule has 1 aliphatic heterocycles. The second-order valence-corrected chi connectivity index (χ2v) is 19.6. The monoisotopic (exact) mass is 699 g/mol. The predicted octanol–water partition coefficient (Wildman–Crippen LogP) is 9.56. The van der Waals surface area contributed by atoms with Crippen molar-refractivity contribution in [2.24, 2.45) is 5.92 Å². The topological polar surface area (TPSA) is 12.5 Å². The van der Waals surface area contributed by atoms with Crippen LogP contribution in [0.15, 0.2) is 54.1 Å². The maximum Gasteiger partial charge on any atom is 0.119 e. The number of rotatable bonds is 4. The first-order valence-electron chi connectivity index (χ1n) is 20.9. The van der Waals surface area contributed by atoms with Crippen molar-refractivity contribution in [2.75, 3.05) is 20.2 Å². The number of hydrogen-bond donors (Lipinski definition) is 0. The van der Waals surface area contributed by atoms with Crippen molar-refractivity contribution in [3.8, 4) is 5.75 Å². The molecule has 0 radical (unpaired) electrons. The summed E-state index contributed by atoms with van der Waals surface area (Å²) in [6.07, 6.45) is 9.44. The first-order chi connectivity index (χ1) is 27.0. The van der Waals surface area contributed by atoms with E-state index in [0.29, 0.717) is 24.5 Å². The van der Waals surface area contributed by atoms with Crippen LogP contribution in [0, 0.1) is 5.92 Å². The van der Waals surface area contributed by atoms with E-state index in [1.54, 1.807) is 146 Å². The van der Waals surface area contributed by atoms with Gasteiger partial charge in [-0.25, -0.2) is 0 Å². The van der Waals surface area contributed by atoms with Crippen LogP contribution in [0.2, 0.25) is 0 Å². The Bertz CT molecular complexity index is 4010. The highest BCUT2D eigenvalue weighted by atomic mass is 16.5. The van der Waals surface area contributed by atoms with E-state index in [1.807, 2.05) is 0 Å². The molecule has 2 nitrogen and oxygen atoms in total. The fraction of sp³-hybridized carbons (Fsp3) is 0.245. The normalized spacial score (nSPS) is 25.3. The largest absolute Gasteiger partial charge is 0.490 e. The minimum Gasteiger partial charge on any atom is -0.490 e. The van der Waals surface area contributed by atoms with Gasteiger partial charge in [-0.15, -0.1) is 0 Å². The molecule has 1 spiro atoms. The van der Waals surface area contributed by atoms with E-state index >= 15 is 0 Å². The third-order valence-electron chi connectivity index (χ3n) is 17.3. The Balaban J connectivity index is 1.10. The number of nitrogens with zero attached hydrogens (tertiary/aromatic N) is 1. The van der Waals surface area contributed by atoms with Crippen molar-refractivity contribution in [1.82, 2.24) is 4.90 Å². The Hall–Kier alpha value is -5.44. The number of benzene rings is 8. The van der Waals surface area contributed by atoms with Gasteiger partial charge in [0, 0.05) is 29.8 Å². The Morgan fingerprint density at radius 2 is 1.47 bits per heavy atom. The third kappa shape index (κ3) is 2.22. The Morgan fingerprint density at radius 3 is 2.33 bits per heavy atom. The van der Waals surface area contributed by atoms with Gasteiger partial charge in [-0.2, -0.15) is 0 Å². The summed E-state index contributed by atoms with van der Waals surface area (Å²) < 4.78 is 6.22. The molecule has 55 heavy (non-hydrogen) atoms. The fourth-order valence-electron chi connectivity index (χ4n) is 16.2. The second kappa shape index (κ2) is 7.43. The predicted molar refractivity (Wildman–Crippen MR) is 227 cm³/mol. The van der Waals surface area contributed by atoms with E-state index < -0.39 is 0 Å². The molecule has 6 aliphatic carbocycles. The van der Waals surface area contributed by atoms with Gasteiger partial charge >= 0.3 is 0 Å². The summed E-state index contributed by atoms with van der Waals surface area (Å²) in [5.41, 5.74) is 14.5. The first-order valence-corrected chi connectivity index (χ1v) is 20.9. The van der Waals surface area contributed by atoms with Crippen LogP contribution in [0.3, 0.4) is 0 Å². The molecule has 1 heterocycles. The molecular formula is C53H33NO. The summed E-state index contributed by atoms with van der Waals surface area (Å²) in [6, 6.07) is 17.7. The van der Waals surface area contributed by atoms with Crippen LogP contribution < -0.4 is 20.4 Å². The Morgan fingerprint density at radius 1 is 0.727 bits per heavy atom. The molecule has 11 aromatic carbocycles. The van der Waals surface area contributed by atoms with E-state index in [1.165, 1.54) is 16.5 Å². The minimum absolute atomic E-state index is 0.00332. The lowest BCUT2D eigenvalue weighted by Crippen LogP contribution is -2.43. The van der Waals surface area contributed by atoms with Gasteiger partial charge in [0.15, 0.2) is 0 Å². The quantitative estimate of drug-likeness (QED) is 0.134. The summed E-state index contributed by atoms with van der Waals surface area (Å²) in [5, 5.41) is 34.4. The van der Waals surface area contributed by atoms with Gasteiger partial charge in [-0.05, 0) is 211 Å². The lowest BCUT2D eigenvalue weighted by atomic mass is 9.60. The van der Waals surface area contributed by atoms with E-state index in [4.69, 9.17) is 4.74 Å². The molecule has 0 amide bonds. The van der Waals surface area contributed by atoms with Crippen molar-refractivity contribution in [3.63, 3.8) is 0 Å². The Labute approximate surface area is 314 Å². The van der Waals surface area contributed by atoms with Gasteiger partial charge < -0.3 is 4.74 Å². The van der Waals surface area contributed by atoms with Gasteiger partial charge in [-0.1, -0.05) is 53.1 Å². The summed E-state index contributed by atoms with van der Waals surface area (Å²) in [7, 11) is 2.44. The highest BCUT2D eigenvalue weighted by Crippen LogP contribution is 2.70. The van der Waals surface area contributed by atoms with Gasteiger partial charge in [0.05, 0.1) is 0 Å². The number of hydrogen-bond acceptors (Lipinski definition) is 2. The molecule has 11 aromatic rings. The molecule has 1 fully saturated rings. The average Bonchev–Trinajstić information content (AvgIpc) is 4.02. The van der Waals surface area contributed by atoms with Gasteiger partial charge in [0.25, 0.3) is 0 Å². The molecule has 0 aromatic heterocycles. The van der Waals surface area contributed by atoms with Crippen molar-refractivity contribution < 1.29 is 4.74 Å². The summed E-state index contributed by atoms with van der Waals surface area (Å²) in [5.74, 6) is 1.95. The zero-order valence-electron chi connectivity index (χ0n) is 31.0. The molecule has 0 N–H and O–H groups in total. The first kappa shape index (κ1) is 26.4. The zero-order valence-corrected chi connectivity index (χ0v) is 31.0. The van der Waals surface area contributed by atoms with Crippen LogP contribution in [0.4, 0.5) is 0 Å². The molecule has 0 saturated carbocycles. The highest BCUT2D eigenvalue weighted by Gasteiger charge is 2.62. The van der Waals surface area contributed by atoms with Crippen LogP contribution in [-0.2, 0) is 24.7 Å². The lowest BCUT2D eigenvalue weighted by Gasteiger charge is -2.43. The maximum absolute atomic E-state index is 6.22. The van der Waals surface area contributed by atoms with Crippen molar-refractivity contribution in [2.45, 2.75) is 56.9 Å². The molecule has 1 saturated heterocycles. The van der Waals surface area contributed by atoms with Crippen molar-refractivity contribution >= 4 is 114 Å². The van der Waals surface area contributed by atoms with E-state index in [0.717, 1.165) is 38.0 Å². The molecule has 7 aliphatic rings. The van der Waals surface area contributed by atoms with Gasteiger partial charge in [-0.3, -0.25) is 4.90 Å². The molecule has 2 heteroatoms. The van der Waals surface area contributed by atoms with E-state index in [2.05, 4.69) is 80.4 Å². The third-order valence-corrected chi connectivity index (χ3v) is 17.3. The standard InChI is InChI=1S/C53H33NO/c1-19(2)8-9-55-28-6-4-20(5-7-28)52-53-17-27-15-25-13-22-10-21-11-24-12-23-14-26-16-29(30(53)18-54(52)3)38-43-34(26)33(23)40-35(24)39-31(21)32(22)41-36(25)42-37(27)51(53)50(38)49-47(42)45(41)44(39)46(40)48(43)49/h4-8,11-13,15,21,30,52H,9-10,14,16-18H2,1-3H3.